The molecule has 0 aromatic carbocycles. The van der Waals surface area contributed by atoms with Gasteiger partial charge in [-0.3, -0.25) is 14.7 Å². The Morgan fingerprint density at radius 2 is 2.00 bits per heavy atom. The van der Waals surface area contributed by atoms with Crippen molar-refractivity contribution in [3.05, 3.63) is 21.6 Å². The van der Waals surface area contributed by atoms with Crippen LogP contribution in [0.25, 0.3) is 0 Å². The SMILES string of the molecule is O=C(O)CCc1c(C2CCCC2)[nH][nH]c1=O. The number of carboxylic acids is 1. The zero-order chi connectivity index (χ0) is 11.5. The fourth-order valence-electron chi connectivity index (χ4n) is 2.44. The predicted molar refractivity (Wildman–Crippen MR) is 58.6 cm³/mol. The van der Waals surface area contributed by atoms with E-state index in [1.54, 1.807) is 0 Å². The molecule has 0 spiro atoms. The summed E-state index contributed by atoms with van der Waals surface area (Å²) in [5.74, 6) is -0.458. The van der Waals surface area contributed by atoms with E-state index < -0.39 is 5.97 Å². The normalized spacial score (nSPS) is 16.8. The van der Waals surface area contributed by atoms with Crippen LogP contribution in [-0.4, -0.2) is 21.3 Å². The Morgan fingerprint density at radius 3 is 2.62 bits per heavy atom. The lowest BCUT2D eigenvalue weighted by Gasteiger charge is -2.08. The van der Waals surface area contributed by atoms with Gasteiger partial charge in [-0.1, -0.05) is 12.8 Å². The largest absolute Gasteiger partial charge is 0.481 e. The van der Waals surface area contributed by atoms with E-state index in [1.165, 1.54) is 12.8 Å². The number of nitrogens with one attached hydrogen (secondary N) is 2. The number of aromatic amines is 2. The molecule has 88 valence electrons. The maximum absolute atomic E-state index is 11.5. The number of hydrogen-bond donors (Lipinski definition) is 3. The maximum Gasteiger partial charge on any atom is 0.303 e. The van der Waals surface area contributed by atoms with E-state index in [1.807, 2.05) is 0 Å². The third kappa shape index (κ3) is 2.18. The van der Waals surface area contributed by atoms with Crippen molar-refractivity contribution in [3.63, 3.8) is 0 Å². The average Bonchev–Trinajstić information content (AvgIpc) is 2.83. The van der Waals surface area contributed by atoms with Crippen LogP contribution in [0.2, 0.25) is 0 Å². The number of carbonyl (C=O) groups is 1. The lowest BCUT2D eigenvalue weighted by Crippen LogP contribution is -2.10. The van der Waals surface area contributed by atoms with Crippen LogP contribution in [0.4, 0.5) is 0 Å². The molecule has 3 N–H and O–H groups in total. The van der Waals surface area contributed by atoms with Gasteiger partial charge < -0.3 is 10.2 Å². The molecule has 0 unspecified atom stereocenters. The van der Waals surface area contributed by atoms with Crippen LogP contribution >= 0.6 is 0 Å². The minimum atomic E-state index is -0.863. The van der Waals surface area contributed by atoms with Crippen molar-refractivity contribution in [1.82, 2.24) is 10.2 Å². The van der Waals surface area contributed by atoms with Crippen molar-refractivity contribution >= 4 is 5.97 Å². The van der Waals surface area contributed by atoms with Crippen LogP contribution in [0, 0.1) is 0 Å². The molecule has 1 aliphatic rings. The fraction of sp³-hybridized carbons (Fsp3) is 0.636. The van der Waals surface area contributed by atoms with Gasteiger partial charge in [0.1, 0.15) is 0 Å². The molecule has 0 radical (unpaired) electrons. The molecule has 0 amide bonds. The molecule has 1 fully saturated rings. The predicted octanol–water partition coefficient (Wildman–Crippen LogP) is 1.38. The number of aliphatic carboxylic acids is 1. The summed E-state index contributed by atoms with van der Waals surface area (Å²) in [6.07, 6.45) is 4.90. The van der Waals surface area contributed by atoms with Crippen molar-refractivity contribution < 1.29 is 9.90 Å². The van der Waals surface area contributed by atoms with Crippen LogP contribution in [-0.2, 0) is 11.2 Å². The van der Waals surface area contributed by atoms with Crippen LogP contribution in [0.15, 0.2) is 4.79 Å². The van der Waals surface area contributed by atoms with Gasteiger partial charge in [0.05, 0.1) is 0 Å². The van der Waals surface area contributed by atoms with E-state index in [-0.39, 0.29) is 12.0 Å². The average molecular weight is 224 g/mol. The van der Waals surface area contributed by atoms with Gasteiger partial charge in [0, 0.05) is 23.6 Å². The molecule has 5 heteroatoms. The zero-order valence-electron chi connectivity index (χ0n) is 9.08. The summed E-state index contributed by atoms with van der Waals surface area (Å²) in [6, 6.07) is 0. The Bertz CT molecular complexity index is 427. The lowest BCUT2D eigenvalue weighted by molar-refractivity contribution is -0.136. The molecule has 5 nitrogen and oxygen atoms in total. The summed E-state index contributed by atoms with van der Waals surface area (Å²) in [4.78, 5) is 22.0. The summed E-state index contributed by atoms with van der Waals surface area (Å²) < 4.78 is 0. The molecule has 2 rings (SSSR count). The number of H-pyrrole nitrogens is 2. The van der Waals surface area contributed by atoms with E-state index in [2.05, 4.69) is 10.2 Å². The summed E-state index contributed by atoms with van der Waals surface area (Å²) in [7, 11) is 0. The summed E-state index contributed by atoms with van der Waals surface area (Å²) in [5.41, 5.74) is 1.40. The highest BCUT2D eigenvalue weighted by molar-refractivity contribution is 5.67. The quantitative estimate of drug-likeness (QED) is 0.722. The van der Waals surface area contributed by atoms with Crippen molar-refractivity contribution in [2.45, 2.75) is 44.4 Å². The summed E-state index contributed by atoms with van der Waals surface area (Å²) in [5, 5.41) is 14.1. The summed E-state index contributed by atoms with van der Waals surface area (Å²) >= 11 is 0. The minimum absolute atomic E-state index is 0.0145. The second-order valence-corrected chi connectivity index (χ2v) is 4.35. The Hall–Kier alpha value is -1.52. The Labute approximate surface area is 92.9 Å². The van der Waals surface area contributed by atoms with Crippen LogP contribution in [0.3, 0.4) is 0 Å². The van der Waals surface area contributed by atoms with Crippen molar-refractivity contribution in [1.29, 1.82) is 0 Å². The molecule has 1 heterocycles. The molecule has 0 aliphatic heterocycles. The Kier molecular flexibility index (Phi) is 3.12. The molecule has 1 aromatic heterocycles. The molecule has 0 saturated heterocycles. The fourth-order valence-corrected chi connectivity index (χ4v) is 2.44. The molecular weight excluding hydrogens is 208 g/mol. The van der Waals surface area contributed by atoms with Gasteiger partial charge in [-0.05, 0) is 19.3 Å². The molecule has 0 atom stereocenters. The first kappa shape index (κ1) is 11.0. The van der Waals surface area contributed by atoms with Gasteiger partial charge in [0.15, 0.2) is 0 Å². The van der Waals surface area contributed by atoms with Gasteiger partial charge in [-0.15, -0.1) is 0 Å². The van der Waals surface area contributed by atoms with Gasteiger partial charge in [0.25, 0.3) is 5.56 Å². The molecule has 1 aliphatic carbocycles. The first-order chi connectivity index (χ1) is 7.68. The van der Waals surface area contributed by atoms with E-state index in [0.29, 0.717) is 17.9 Å². The van der Waals surface area contributed by atoms with Gasteiger partial charge in [0.2, 0.25) is 0 Å². The highest BCUT2D eigenvalue weighted by Gasteiger charge is 2.23. The summed E-state index contributed by atoms with van der Waals surface area (Å²) in [6.45, 7) is 0. The molecule has 1 aromatic rings. The first-order valence-corrected chi connectivity index (χ1v) is 5.69. The molecule has 16 heavy (non-hydrogen) atoms. The standard InChI is InChI=1S/C11H16N2O3/c14-9(15)6-5-8-10(12-13-11(8)16)7-3-1-2-4-7/h7H,1-6H2,(H,14,15)(H2,12,13,16). The highest BCUT2D eigenvalue weighted by Crippen LogP contribution is 2.33. The number of carboxylic acid groups (broad SMARTS) is 1. The second-order valence-electron chi connectivity index (χ2n) is 4.35. The van der Waals surface area contributed by atoms with E-state index in [4.69, 9.17) is 5.11 Å². The molecule has 1 saturated carbocycles. The first-order valence-electron chi connectivity index (χ1n) is 5.69. The van der Waals surface area contributed by atoms with E-state index in [0.717, 1.165) is 18.5 Å². The van der Waals surface area contributed by atoms with Crippen molar-refractivity contribution in [2.24, 2.45) is 0 Å². The molecule has 0 bridgehead atoms. The topological polar surface area (TPSA) is 85.9 Å². The lowest BCUT2D eigenvalue weighted by atomic mass is 9.98. The third-order valence-corrected chi connectivity index (χ3v) is 3.26. The minimum Gasteiger partial charge on any atom is -0.481 e. The Balaban J connectivity index is 2.18. The van der Waals surface area contributed by atoms with Crippen LogP contribution < -0.4 is 5.56 Å². The van der Waals surface area contributed by atoms with Crippen molar-refractivity contribution in [2.75, 3.05) is 0 Å². The van der Waals surface area contributed by atoms with Gasteiger partial charge >= 0.3 is 5.97 Å². The molecular formula is C11H16N2O3. The van der Waals surface area contributed by atoms with Gasteiger partial charge in [-0.25, -0.2) is 0 Å². The van der Waals surface area contributed by atoms with Gasteiger partial charge in [-0.2, -0.15) is 0 Å². The van der Waals surface area contributed by atoms with Crippen molar-refractivity contribution in [3.8, 4) is 0 Å². The number of aromatic nitrogens is 2. The van der Waals surface area contributed by atoms with Crippen LogP contribution in [0.1, 0.15) is 49.3 Å². The second kappa shape index (κ2) is 4.55. The maximum atomic E-state index is 11.5. The third-order valence-electron chi connectivity index (χ3n) is 3.26. The van der Waals surface area contributed by atoms with E-state index >= 15 is 0 Å². The monoisotopic (exact) mass is 224 g/mol. The van der Waals surface area contributed by atoms with E-state index in [9.17, 15) is 9.59 Å². The van der Waals surface area contributed by atoms with Crippen LogP contribution in [0.5, 0.6) is 0 Å². The number of hydrogen-bond acceptors (Lipinski definition) is 2. The highest BCUT2D eigenvalue weighted by atomic mass is 16.4. The smallest absolute Gasteiger partial charge is 0.303 e. The Morgan fingerprint density at radius 1 is 1.31 bits per heavy atom. The zero-order valence-corrected chi connectivity index (χ0v) is 9.08. The number of rotatable bonds is 4.